The van der Waals surface area contributed by atoms with Crippen LogP contribution in [-0.2, 0) is 6.54 Å². The zero-order chi connectivity index (χ0) is 44.2. The van der Waals surface area contributed by atoms with Gasteiger partial charge in [-0.15, -0.1) is 0 Å². The summed E-state index contributed by atoms with van der Waals surface area (Å²) >= 11 is 6.94. The van der Waals surface area contributed by atoms with Crippen LogP contribution < -0.4 is 24.4 Å². The molecule has 0 saturated carbocycles. The van der Waals surface area contributed by atoms with Crippen molar-refractivity contribution in [3.8, 4) is 40.0 Å². The molecule has 16 nitrogen and oxygen atoms in total. The van der Waals surface area contributed by atoms with Gasteiger partial charge in [0.1, 0.15) is 58.0 Å². The highest BCUT2D eigenvalue weighted by Gasteiger charge is 2.44. The topological polar surface area (TPSA) is 196 Å². The number of nitrogens with zero attached hydrogens (tertiary/aromatic N) is 8. The van der Waals surface area contributed by atoms with Gasteiger partial charge in [0.2, 0.25) is 0 Å². The number of methoxy groups -OCH3 is 1. The number of pyridine rings is 2. The number of benzene rings is 3. The van der Waals surface area contributed by atoms with Gasteiger partial charge >= 0.3 is 0 Å². The van der Waals surface area contributed by atoms with E-state index in [1.54, 1.807) is 45.0 Å². The van der Waals surface area contributed by atoms with Crippen molar-refractivity contribution in [2.45, 2.75) is 44.1 Å². The number of para-hydroxylation sites is 1. The van der Waals surface area contributed by atoms with Crippen LogP contribution >= 0.6 is 31.9 Å². The van der Waals surface area contributed by atoms with E-state index in [0.717, 1.165) is 42.5 Å². The van der Waals surface area contributed by atoms with Crippen molar-refractivity contribution < 1.29 is 24.4 Å². The molecule has 3 aromatic carbocycles. The summed E-state index contributed by atoms with van der Waals surface area (Å²) in [4.78, 5) is 37.9. The molecule has 1 fully saturated rings. The number of H-pyrrole nitrogens is 2. The molecule has 5 N–H and O–H groups in total. The number of hydrogen-bond acceptors (Lipinski definition) is 14. The minimum atomic E-state index is -1.53. The highest BCUT2D eigenvalue weighted by molar-refractivity contribution is 9.10. The fourth-order valence-electron chi connectivity index (χ4n) is 7.85. The van der Waals surface area contributed by atoms with Gasteiger partial charge in [0.15, 0.2) is 23.2 Å². The Morgan fingerprint density at radius 3 is 1.95 bits per heavy atom. The summed E-state index contributed by atoms with van der Waals surface area (Å²) in [6.45, 7) is 4.23. The fraction of sp³-hybridized carbons (Fsp3) is 0.261. The second-order valence-electron chi connectivity index (χ2n) is 15.5. The van der Waals surface area contributed by atoms with E-state index < -0.39 is 24.2 Å². The first-order valence-corrected chi connectivity index (χ1v) is 22.3. The monoisotopic (exact) mass is 989 g/mol. The lowest BCUT2D eigenvalue weighted by Gasteiger charge is -2.44. The van der Waals surface area contributed by atoms with Crippen molar-refractivity contribution in [1.29, 1.82) is 0 Å². The van der Waals surface area contributed by atoms with Gasteiger partial charge in [0.25, 0.3) is 0 Å². The molecule has 0 radical (unpaired) electrons. The molecule has 9 rings (SSSR count). The van der Waals surface area contributed by atoms with Crippen molar-refractivity contribution in [2.75, 3.05) is 38.2 Å². The number of aromatic amines is 2. The van der Waals surface area contributed by atoms with Crippen molar-refractivity contribution in [3.05, 3.63) is 130 Å². The lowest BCUT2D eigenvalue weighted by atomic mass is 9.96. The number of piperazine rings is 1. The predicted octanol–water partition coefficient (Wildman–Crippen LogP) is 7.11. The van der Waals surface area contributed by atoms with Gasteiger partial charge in [-0.25, -0.2) is 24.9 Å². The number of aliphatic hydroxyl groups excluding tert-OH is 2. The van der Waals surface area contributed by atoms with Crippen LogP contribution in [0.2, 0.25) is 0 Å². The van der Waals surface area contributed by atoms with Crippen LogP contribution in [-0.4, -0.2) is 112 Å². The third-order valence-corrected chi connectivity index (χ3v) is 12.1. The largest absolute Gasteiger partial charge is 0.496 e. The van der Waals surface area contributed by atoms with E-state index in [0.29, 0.717) is 66.4 Å². The summed E-state index contributed by atoms with van der Waals surface area (Å²) in [6, 6.07) is 26.4. The molecule has 0 spiro atoms. The van der Waals surface area contributed by atoms with Gasteiger partial charge in [-0.3, -0.25) is 15.2 Å². The summed E-state index contributed by atoms with van der Waals surface area (Å²) in [5, 5.41) is 27.9. The Labute approximate surface area is 385 Å². The molecule has 1 saturated heterocycles. The van der Waals surface area contributed by atoms with Crippen LogP contribution in [0.25, 0.3) is 45.1 Å². The molecule has 8 aromatic rings. The summed E-state index contributed by atoms with van der Waals surface area (Å²) in [7, 11) is 1.62. The number of imidazole rings is 2. The van der Waals surface area contributed by atoms with Crippen molar-refractivity contribution >= 4 is 60.0 Å². The number of fused-ring (bicyclic) bond motifs is 2. The Hall–Kier alpha value is -6.02. The first-order valence-electron chi connectivity index (χ1n) is 20.7. The molecule has 18 heteroatoms. The number of rotatable bonds is 16. The van der Waals surface area contributed by atoms with E-state index in [-0.39, 0.29) is 13.0 Å². The Morgan fingerprint density at radius 1 is 0.766 bits per heavy atom. The van der Waals surface area contributed by atoms with Gasteiger partial charge in [-0.1, -0.05) is 18.2 Å². The van der Waals surface area contributed by atoms with Crippen molar-refractivity contribution in [3.63, 3.8) is 0 Å². The van der Waals surface area contributed by atoms with Gasteiger partial charge in [-0.2, -0.15) is 0 Å². The Kier molecular flexibility index (Phi) is 12.8. The lowest BCUT2D eigenvalue weighted by Crippen LogP contribution is -2.63. The Balaban J connectivity index is 1.01. The van der Waals surface area contributed by atoms with Crippen LogP contribution in [0.4, 0.5) is 5.82 Å². The van der Waals surface area contributed by atoms with Crippen LogP contribution in [0.3, 0.4) is 0 Å². The number of ether oxygens (including phenoxy) is 3. The molecular formula is C46H45Br2N11O5. The summed E-state index contributed by atoms with van der Waals surface area (Å²) < 4.78 is 20.9. The number of halogens is 2. The summed E-state index contributed by atoms with van der Waals surface area (Å²) in [6.07, 6.45) is 5.25. The number of aromatic nitrogens is 8. The normalized spacial score (nSPS) is 15.8. The lowest BCUT2D eigenvalue weighted by molar-refractivity contribution is -0.135. The average Bonchev–Trinajstić information content (AvgIpc) is 3.95. The van der Waals surface area contributed by atoms with Crippen molar-refractivity contribution in [1.82, 2.24) is 50.1 Å². The van der Waals surface area contributed by atoms with E-state index in [1.807, 2.05) is 84.9 Å². The van der Waals surface area contributed by atoms with E-state index in [4.69, 9.17) is 24.2 Å². The van der Waals surface area contributed by atoms with E-state index >= 15 is 0 Å². The highest BCUT2D eigenvalue weighted by Crippen LogP contribution is 2.32. The van der Waals surface area contributed by atoms with Gasteiger partial charge < -0.3 is 39.3 Å². The van der Waals surface area contributed by atoms with E-state index in [9.17, 15) is 10.2 Å². The minimum Gasteiger partial charge on any atom is -0.496 e. The highest BCUT2D eigenvalue weighted by atomic mass is 79.9. The standard InChI is InChI=1S/C46H45Br2N11O5/c1-28(60)46(53-24-31-5-3-4-6-39(31)62-2,64-35-13-9-30(10-14-35)42-55-37-22-33(48)26-52-44(37)57-42)23-38(61)45(59-19-17-58(18-20-59)40-27-49-15-16-50-40)63-34-11-7-29(8-12-34)41-54-36-21-32(47)25-51-43(36)56-41/h3-16,21-22,25-28,38,45,53,60-61H,17-20,23-24H2,1-2H3,(H,51,54,56)(H,52,55,57). The number of nitrogens with one attached hydrogen (secondary N) is 3. The summed E-state index contributed by atoms with van der Waals surface area (Å²) in [5.41, 5.74) is 3.78. The zero-order valence-electron chi connectivity index (χ0n) is 34.9. The first kappa shape index (κ1) is 43.2. The molecule has 328 valence electrons. The molecule has 0 aliphatic carbocycles. The number of anilines is 1. The Bertz CT molecular complexity index is 2820. The molecule has 4 unspecified atom stereocenters. The van der Waals surface area contributed by atoms with Crippen LogP contribution in [0.15, 0.2) is 125 Å². The molecule has 0 amide bonds. The molecular weight excluding hydrogens is 946 g/mol. The van der Waals surface area contributed by atoms with Crippen LogP contribution in [0.1, 0.15) is 18.9 Å². The Morgan fingerprint density at radius 2 is 1.38 bits per heavy atom. The van der Waals surface area contributed by atoms with Gasteiger partial charge in [-0.05, 0) is 106 Å². The molecule has 1 aliphatic heterocycles. The maximum atomic E-state index is 12.6. The van der Waals surface area contributed by atoms with Gasteiger partial charge in [0.05, 0.1) is 13.3 Å². The van der Waals surface area contributed by atoms with E-state index in [1.165, 1.54) is 0 Å². The molecule has 0 bridgehead atoms. The fourth-order valence-corrected chi connectivity index (χ4v) is 8.49. The molecule has 64 heavy (non-hydrogen) atoms. The maximum Gasteiger partial charge on any atom is 0.189 e. The molecule has 1 aliphatic rings. The maximum absolute atomic E-state index is 12.6. The average molecular weight is 992 g/mol. The molecule has 5 aromatic heterocycles. The van der Waals surface area contributed by atoms with Gasteiger partial charge in [0, 0.05) is 89.6 Å². The van der Waals surface area contributed by atoms with Crippen LogP contribution in [0.5, 0.6) is 17.2 Å². The quantitative estimate of drug-likeness (QED) is 0.0615. The molecule has 6 heterocycles. The van der Waals surface area contributed by atoms with Crippen molar-refractivity contribution in [2.24, 2.45) is 0 Å². The third kappa shape index (κ3) is 9.57. The van der Waals surface area contributed by atoms with Crippen LogP contribution in [0, 0.1) is 0 Å². The SMILES string of the molecule is COc1ccccc1CNC(CC(O)C(Oc1ccc(-c2nc3cc(Br)cnc3[nH]2)cc1)N1CCN(c2cnccn2)CC1)(Oc1ccc(-c2nc3cc(Br)cnc3[nH]2)cc1)C(C)O. The van der Waals surface area contributed by atoms with E-state index in [2.05, 4.69) is 76.9 Å². The smallest absolute Gasteiger partial charge is 0.189 e. The first-order chi connectivity index (χ1) is 31.1. The minimum absolute atomic E-state index is 0.0830. The number of hydrogen-bond donors (Lipinski definition) is 5. The predicted molar refractivity (Wildman–Crippen MR) is 250 cm³/mol. The second kappa shape index (κ2) is 19.0. The third-order valence-electron chi connectivity index (χ3n) is 11.3. The molecule has 4 atom stereocenters. The zero-order valence-corrected chi connectivity index (χ0v) is 38.1. The summed E-state index contributed by atoms with van der Waals surface area (Å²) in [5.74, 6) is 3.76. The number of aliphatic hydroxyl groups is 2. The second-order valence-corrected chi connectivity index (χ2v) is 17.3.